The molecule has 1 N–H and O–H groups in total. The molecule has 114 valence electrons. The lowest BCUT2D eigenvalue weighted by Crippen LogP contribution is -2.52. The van der Waals surface area contributed by atoms with Crippen molar-refractivity contribution < 1.29 is 4.74 Å². The van der Waals surface area contributed by atoms with Gasteiger partial charge in [-0.15, -0.1) is 0 Å². The van der Waals surface area contributed by atoms with E-state index in [1.807, 2.05) is 0 Å². The van der Waals surface area contributed by atoms with Crippen molar-refractivity contribution in [3.63, 3.8) is 0 Å². The number of hydrogen-bond acceptors (Lipinski definition) is 2. The van der Waals surface area contributed by atoms with Crippen LogP contribution in [-0.2, 0) is 4.74 Å². The molecule has 1 fully saturated rings. The van der Waals surface area contributed by atoms with Gasteiger partial charge in [-0.3, -0.25) is 0 Å². The first kappa shape index (κ1) is 17.0. The van der Waals surface area contributed by atoms with Crippen molar-refractivity contribution in [3.05, 3.63) is 0 Å². The lowest BCUT2D eigenvalue weighted by molar-refractivity contribution is -0.0666. The van der Waals surface area contributed by atoms with Gasteiger partial charge >= 0.3 is 0 Å². The van der Waals surface area contributed by atoms with E-state index in [1.165, 1.54) is 51.4 Å². The molecule has 1 saturated carbocycles. The van der Waals surface area contributed by atoms with Crippen LogP contribution in [0.4, 0.5) is 0 Å². The minimum Gasteiger partial charge on any atom is -0.374 e. The van der Waals surface area contributed by atoms with E-state index in [1.54, 1.807) is 0 Å². The number of nitrogens with one attached hydrogen (secondary N) is 1. The Morgan fingerprint density at radius 1 is 1.05 bits per heavy atom. The van der Waals surface area contributed by atoms with Crippen molar-refractivity contribution in [1.82, 2.24) is 5.32 Å². The van der Waals surface area contributed by atoms with Gasteiger partial charge in [0.05, 0.1) is 5.60 Å². The lowest BCUT2D eigenvalue weighted by atomic mass is 9.83. The quantitative estimate of drug-likeness (QED) is 0.629. The minimum absolute atomic E-state index is 0.131. The molecule has 0 aliphatic heterocycles. The monoisotopic (exact) mass is 269 g/mol. The van der Waals surface area contributed by atoms with E-state index in [9.17, 15) is 0 Å². The number of rotatable bonds is 10. The molecule has 2 heteroatoms. The zero-order valence-corrected chi connectivity index (χ0v) is 13.6. The molecular weight excluding hydrogens is 234 g/mol. The summed E-state index contributed by atoms with van der Waals surface area (Å²) in [6, 6.07) is 0.555. The molecular formula is C17H35NO. The van der Waals surface area contributed by atoms with Crippen LogP contribution in [0.5, 0.6) is 0 Å². The van der Waals surface area contributed by atoms with E-state index in [-0.39, 0.29) is 5.60 Å². The van der Waals surface area contributed by atoms with Crippen LogP contribution in [0.15, 0.2) is 0 Å². The Morgan fingerprint density at radius 2 is 1.68 bits per heavy atom. The van der Waals surface area contributed by atoms with Crippen molar-refractivity contribution in [2.45, 2.75) is 90.7 Å². The van der Waals surface area contributed by atoms with E-state index in [0.29, 0.717) is 6.04 Å². The molecule has 1 unspecified atom stereocenters. The van der Waals surface area contributed by atoms with Crippen LogP contribution in [-0.4, -0.2) is 24.8 Å². The Morgan fingerprint density at radius 3 is 2.16 bits per heavy atom. The van der Waals surface area contributed by atoms with Crippen molar-refractivity contribution in [1.29, 1.82) is 0 Å². The smallest absolute Gasteiger partial charge is 0.0834 e. The summed E-state index contributed by atoms with van der Waals surface area (Å²) in [4.78, 5) is 0. The lowest BCUT2D eigenvalue weighted by Gasteiger charge is -2.39. The highest BCUT2D eigenvalue weighted by Crippen LogP contribution is 2.39. The van der Waals surface area contributed by atoms with Crippen LogP contribution in [0.2, 0.25) is 0 Å². The Bertz CT molecular complexity index is 219. The summed E-state index contributed by atoms with van der Waals surface area (Å²) in [6.07, 6.45) is 10.3. The highest BCUT2D eigenvalue weighted by atomic mass is 16.5. The third kappa shape index (κ3) is 4.75. The molecule has 1 aliphatic rings. The summed E-state index contributed by atoms with van der Waals surface area (Å²) in [7, 11) is 0. The van der Waals surface area contributed by atoms with Crippen LogP contribution < -0.4 is 5.32 Å². The Balaban J connectivity index is 2.73. The highest BCUT2D eigenvalue weighted by Gasteiger charge is 2.42. The molecule has 0 amide bonds. The second kappa shape index (κ2) is 8.97. The third-order valence-corrected chi connectivity index (χ3v) is 4.88. The Labute approximate surface area is 120 Å². The maximum absolute atomic E-state index is 6.28. The van der Waals surface area contributed by atoms with Gasteiger partial charge in [0.25, 0.3) is 0 Å². The van der Waals surface area contributed by atoms with E-state index < -0.39 is 0 Å². The molecule has 0 saturated heterocycles. The summed E-state index contributed by atoms with van der Waals surface area (Å²) in [6.45, 7) is 11.0. The van der Waals surface area contributed by atoms with Crippen LogP contribution >= 0.6 is 0 Å². The van der Waals surface area contributed by atoms with Gasteiger partial charge in [-0.25, -0.2) is 0 Å². The van der Waals surface area contributed by atoms with Gasteiger partial charge < -0.3 is 10.1 Å². The molecule has 0 spiro atoms. The first-order valence-electron chi connectivity index (χ1n) is 8.59. The predicted molar refractivity (Wildman–Crippen MR) is 83.6 cm³/mol. The van der Waals surface area contributed by atoms with E-state index in [4.69, 9.17) is 4.74 Å². The fourth-order valence-electron chi connectivity index (χ4n) is 3.61. The Kier molecular flexibility index (Phi) is 8.01. The second-order valence-electron chi connectivity index (χ2n) is 6.13. The normalized spacial score (nSPS) is 20.1. The zero-order valence-electron chi connectivity index (χ0n) is 13.6. The summed E-state index contributed by atoms with van der Waals surface area (Å²) >= 11 is 0. The molecule has 2 nitrogen and oxygen atoms in total. The zero-order chi connectivity index (χ0) is 14.1. The number of ether oxygens (including phenoxy) is 1. The molecule has 0 heterocycles. The third-order valence-electron chi connectivity index (χ3n) is 4.88. The van der Waals surface area contributed by atoms with Gasteiger partial charge in [0.2, 0.25) is 0 Å². The first-order valence-corrected chi connectivity index (χ1v) is 8.59. The SMILES string of the molecule is CCCNC(CC(CC)CC)C1(OCC)CCCC1. The molecule has 19 heavy (non-hydrogen) atoms. The molecule has 1 atom stereocenters. The van der Waals surface area contributed by atoms with Gasteiger partial charge in [0.1, 0.15) is 0 Å². The maximum atomic E-state index is 6.28. The standard InChI is InChI=1S/C17H35NO/c1-5-13-18-16(14-15(6-2)7-3)17(19-8-4)11-9-10-12-17/h15-16,18H,5-14H2,1-4H3. The summed E-state index contributed by atoms with van der Waals surface area (Å²) in [5.41, 5.74) is 0.131. The summed E-state index contributed by atoms with van der Waals surface area (Å²) in [5.74, 6) is 0.840. The van der Waals surface area contributed by atoms with E-state index in [2.05, 4.69) is 33.0 Å². The van der Waals surface area contributed by atoms with Crippen LogP contribution in [0.3, 0.4) is 0 Å². The van der Waals surface area contributed by atoms with Gasteiger partial charge in [-0.1, -0.05) is 46.5 Å². The van der Waals surface area contributed by atoms with Crippen LogP contribution in [0.1, 0.15) is 79.1 Å². The molecule has 0 radical (unpaired) electrons. The average molecular weight is 269 g/mol. The van der Waals surface area contributed by atoms with Gasteiger partial charge in [0.15, 0.2) is 0 Å². The molecule has 0 bridgehead atoms. The Hall–Kier alpha value is -0.0800. The molecule has 1 rings (SSSR count). The fourth-order valence-corrected chi connectivity index (χ4v) is 3.61. The fraction of sp³-hybridized carbons (Fsp3) is 1.00. The average Bonchev–Trinajstić information content (AvgIpc) is 2.89. The minimum atomic E-state index is 0.131. The predicted octanol–water partition coefficient (Wildman–Crippen LogP) is 4.53. The molecule has 0 aromatic heterocycles. The molecule has 1 aliphatic carbocycles. The van der Waals surface area contributed by atoms with Crippen LogP contribution in [0.25, 0.3) is 0 Å². The largest absolute Gasteiger partial charge is 0.374 e. The first-order chi connectivity index (χ1) is 9.22. The number of hydrogen-bond donors (Lipinski definition) is 1. The van der Waals surface area contributed by atoms with Crippen LogP contribution in [0, 0.1) is 5.92 Å². The topological polar surface area (TPSA) is 21.3 Å². The molecule has 0 aromatic rings. The van der Waals surface area contributed by atoms with Crippen molar-refractivity contribution in [3.8, 4) is 0 Å². The summed E-state index contributed by atoms with van der Waals surface area (Å²) in [5, 5.41) is 3.81. The van der Waals surface area contributed by atoms with Gasteiger partial charge in [-0.05, 0) is 45.1 Å². The maximum Gasteiger partial charge on any atom is 0.0834 e. The van der Waals surface area contributed by atoms with Crippen molar-refractivity contribution in [2.24, 2.45) is 5.92 Å². The highest BCUT2D eigenvalue weighted by molar-refractivity contribution is 4.97. The second-order valence-corrected chi connectivity index (χ2v) is 6.13. The van der Waals surface area contributed by atoms with Gasteiger partial charge in [-0.2, -0.15) is 0 Å². The van der Waals surface area contributed by atoms with Crippen molar-refractivity contribution in [2.75, 3.05) is 13.2 Å². The van der Waals surface area contributed by atoms with E-state index in [0.717, 1.165) is 19.1 Å². The van der Waals surface area contributed by atoms with Crippen molar-refractivity contribution >= 4 is 0 Å². The van der Waals surface area contributed by atoms with Gasteiger partial charge in [0, 0.05) is 12.6 Å². The van der Waals surface area contributed by atoms with E-state index >= 15 is 0 Å². The summed E-state index contributed by atoms with van der Waals surface area (Å²) < 4.78 is 6.28. The molecule has 0 aromatic carbocycles.